The van der Waals surface area contributed by atoms with E-state index < -0.39 is 44.5 Å². The predicted octanol–water partition coefficient (Wildman–Crippen LogP) is -1.49. The zero-order chi connectivity index (χ0) is 19.2. The summed E-state index contributed by atoms with van der Waals surface area (Å²) in [5, 5.41) is 10.1. The molecule has 1 aliphatic rings. The van der Waals surface area contributed by atoms with Gasteiger partial charge in [0.2, 0.25) is 5.95 Å². The number of halogens is 1. The Morgan fingerprint density at radius 2 is 2.19 bits per heavy atom. The molecule has 0 spiro atoms. The highest BCUT2D eigenvalue weighted by Gasteiger charge is 2.48. The van der Waals surface area contributed by atoms with Crippen molar-refractivity contribution in [2.75, 3.05) is 12.3 Å². The number of anilines is 1. The molecule has 0 bridgehead atoms. The van der Waals surface area contributed by atoms with Crippen LogP contribution in [0.4, 0.5) is 10.5 Å². The van der Waals surface area contributed by atoms with Crippen LogP contribution in [0, 0.1) is 0 Å². The second-order valence-corrected chi connectivity index (χ2v) is 6.95. The lowest BCUT2D eigenvalue weighted by Crippen LogP contribution is -2.34. The maximum atomic E-state index is 13.0. The Kier molecular flexibility index (Phi) is 5.06. The number of hydrogen-bond donors (Lipinski definition) is 5. The lowest BCUT2D eigenvalue weighted by atomic mass is 10.1. The number of aliphatic hydroxyl groups excluding tert-OH is 1. The van der Waals surface area contributed by atoms with Gasteiger partial charge in [-0.1, -0.05) is 12.8 Å². The van der Waals surface area contributed by atoms with E-state index in [-0.39, 0.29) is 17.1 Å². The third kappa shape index (κ3) is 3.35. The van der Waals surface area contributed by atoms with Gasteiger partial charge in [0.25, 0.3) is 0 Å². The van der Waals surface area contributed by atoms with Gasteiger partial charge in [-0.2, -0.15) is 9.93 Å². The number of hydrogen-bond acceptors (Lipinski definition) is 10. The minimum absolute atomic E-state index is 0.0124. The molecule has 3 rings (SSSR count). The topological polar surface area (TPSA) is 184 Å². The van der Waals surface area contributed by atoms with Crippen LogP contribution in [-0.4, -0.2) is 58.3 Å². The minimum Gasteiger partial charge on any atom is -0.387 e. The number of ether oxygens (including phenoxy) is 1. The molecule has 16 heteroatoms. The largest absolute Gasteiger partial charge is 0.469 e. The minimum atomic E-state index is -4.84. The summed E-state index contributed by atoms with van der Waals surface area (Å²) in [5.41, 5.74) is 4.63. The molecule has 5 N–H and O–H groups in total. The highest BCUT2D eigenvalue weighted by molar-refractivity contribution is 7.78. The van der Waals surface area contributed by atoms with E-state index in [4.69, 9.17) is 20.3 Å². The van der Waals surface area contributed by atoms with E-state index in [1.807, 2.05) is 0 Å². The van der Waals surface area contributed by atoms with Gasteiger partial charge in [-0.3, -0.25) is 13.9 Å². The molecule has 0 unspecified atom stereocenters. The van der Waals surface area contributed by atoms with Crippen molar-refractivity contribution in [1.82, 2.24) is 18.5 Å². The highest BCUT2D eigenvalue weighted by atomic mass is 32.1. The number of thiol groups is 1. The zero-order valence-corrected chi connectivity index (χ0v) is 14.4. The van der Waals surface area contributed by atoms with Crippen LogP contribution in [0.2, 0.25) is 0 Å². The molecule has 0 aliphatic carbocycles. The standard InChI is InChI=1S/C10H13FN5O8PS/c11-24-6-5(17)3(1-22-25(19,20)21)23-9(6)15-2-13-4-7(18)14-10(12)16(26)8(4)15/h2-3,5-6,9,17,26H,1H2,(H2,12,14,18)(H2,19,20,21)/t3-,5+,6-,9-/m1/s1. The van der Waals surface area contributed by atoms with Gasteiger partial charge in [0.15, 0.2) is 23.5 Å². The normalized spacial score (nSPS) is 26.7. The summed E-state index contributed by atoms with van der Waals surface area (Å²) in [7, 11) is -4.84. The number of imidazole rings is 1. The van der Waals surface area contributed by atoms with Crippen LogP contribution in [0.15, 0.2) is 11.1 Å². The van der Waals surface area contributed by atoms with Crippen molar-refractivity contribution in [1.29, 1.82) is 0 Å². The number of nitrogens with two attached hydrogens (primary N) is 1. The van der Waals surface area contributed by atoms with E-state index in [1.165, 1.54) is 0 Å². The van der Waals surface area contributed by atoms with Gasteiger partial charge in [0, 0.05) is 0 Å². The van der Waals surface area contributed by atoms with Gasteiger partial charge in [0.1, 0.15) is 12.2 Å². The fourth-order valence-corrected chi connectivity index (χ4v) is 3.14. The Balaban J connectivity index is 1.99. The van der Waals surface area contributed by atoms with Crippen molar-refractivity contribution in [3.8, 4) is 0 Å². The Bertz CT molecular complexity index is 932. The predicted molar refractivity (Wildman–Crippen MR) is 84.5 cm³/mol. The van der Waals surface area contributed by atoms with E-state index in [0.717, 1.165) is 14.9 Å². The van der Waals surface area contributed by atoms with Crippen molar-refractivity contribution in [2.45, 2.75) is 24.5 Å². The molecule has 2 aromatic rings. The molecule has 26 heavy (non-hydrogen) atoms. The number of fused-ring (bicyclic) bond motifs is 1. The number of phosphoric acid groups is 1. The molecule has 0 aromatic carbocycles. The molecule has 13 nitrogen and oxygen atoms in total. The number of nitrogen functional groups attached to an aromatic ring is 1. The zero-order valence-electron chi connectivity index (χ0n) is 12.6. The lowest BCUT2D eigenvalue weighted by Gasteiger charge is -2.18. The molecule has 0 amide bonds. The fourth-order valence-electron chi connectivity index (χ4n) is 2.56. The maximum absolute atomic E-state index is 13.0. The summed E-state index contributed by atoms with van der Waals surface area (Å²) >= 11 is 4.07. The van der Waals surface area contributed by atoms with Gasteiger partial charge < -0.3 is 25.4 Å². The first kappa shape index (κ1) is 19.2. The molecule has 1 aliphatic heterocycles. The van der Waals surface area contributed by atoms with Crippen LogP contribution in [-0.2, 0) is 18.8 Å². The van der Waals surface area contributed by atoms with E-state index >= 15 is 0 Å². The van der Waals surface area contributed by atoms with Gasteiger partial charge >= 0.3 is 13.4 Å². The molecule has 2 aromatic heterocycles. The number of phosphoric ester groups is 1. The monoisotopic (exact) mass is 413 g/mol. The quantitative estimate of drug-likeness (QED) is 0.284. The van der Waals surface area contributed by atoms with Gasteiger partial charge in [-0.05, 0) is 4.53 Å². The summed E-state index contributed by atoms with van der Waals surface area (Å²) in [6.07, 6.45) is -4.88. The average molecular weight is 413 g/mol. The van der Waals surface area contributed by atoms with E-state index in [2.05, 4.69) is 32.2 Å². The Morgan fingerprint density at radius 1 is 1.50 bits per heavy atom. The molecular weight excluding hydrogens is 400 g/mol. The third-order valence-corrected chi connectivity index (χ3v) is 4.58. The first-order valence-electron chi connectivity index (χ1n) is 6.89. The van der Waals surface area contributed by atoms with E-state index in [9.17, 15) is 19.0 Å². The van der Waals surface area contributed by atoms with E-state index in [0.29, 0.717) is 0 Å². The van der Waals surface area contributed by atoms with Crippen LogP contribution in [0.5, 0.6) is 0 Å². The molecule has 3 heterocycles. The summed E-state index contributed by atoms with van der Waals surface area (Å²) in [4.78, 5) is 40.4. The first-order chi connectivity index (χ1) is 12.1. The van der Waals surface area contributed by atoms with Crippen LogP contribution in [0.25, 0.3) is 11.2 Å². The Morgan fingerprint density at radius 3 is 2.81 bits per heavy atom. The average Bonchev–Trinajstić information content (AvgIpc) is 3.11. The Hall–Kier alpha value is -1.58. The van der Waals surface area contributed by atoms with Crippen LogP contribution in [0.3, 0.4) is 0 Å². The summed E-state index contributed by atoms with van der Waals surface area (Å²) in [5.74, 6) is -0.273. The SMILES string of the molecule is Nc1nc(=O)c2ncn([C@@H]3O[C@H](COP(=O)(O)O)[C@H](O)[C@H]3OF)c2n1S. The van der Waals surface area contributed by atoms with Crippen molar-refractivity contribution in [3.05, 3.63) is 16.7 Å². The first-order valence-corrected chi connectivity index (χ1v) is 8.82. The van der Waals surface area contributed by atoms with Crippen molar-refractivity contribution in [3.63, 3.8) is 0 Å². The summed E-state index contributed by atoms with van der Waals surface area (Å²) in [6, 6.07) is 0. The van der Waals surface area contributed by atoms with Crippen molar-refractivity contribution in [2.24, 2.45) is 0 Å². The lowest BCUT2D eigenvalue weighted by molar-refractivity contribution is -0.220. The Labute approximate surface area is 148 Å². The number of aromatic nitrogens is 4. The number of rotatable bonds is 5. The van der Waals surface area contributed by atoms with Crippen LogP contribution < -0.4 is 11.3 Å². The van der Waals surface area contributed by atoms with Gasteiger partial charge in [0.05, 0.1) is 12.9 Å². The summed E-state index contributed by atoms with van der Waals surface area (Å²) in [6.45, 7) is -0.744. The second kappa shape index (κ2) is 6.86. The fraction of sp³-hybridized carbons (Fsp3) is 0.500. The molecule has 0 radical (unpaired) electrons. The molecule has 144 valence electrons. The smallest absolute Gasteiger partial charge is 0.387 e. The molecule has 4 atom stereocenters. The van der Waals surface area contributed by atoms with Crippen molar-refractivity contribution >= 4 is 37.7 Å². The highest BCUT2D eigenvalue weighted by Crippen LogP contribution is 2.39. The molecule has 0 saturated carbocycles. The molecule has 1 saturated heterocycles. The van der Waals surface area contributed by atoms with Gasteiger partial charge in [-0.25, -0.2) is 13.5 Å². The number of aliphatic hydroxyl groups is 1. The molecular formula is C10H13FN5O8PS. The summed E-state index contributed by atoms with van der Waals surface area (Å²) < 4.78 is 35.6. The number of nitrogens with zero attached hydrogens (tertiary/aromatic N) is 4. The van der Waals surface area contributed by atoms with Crippen LogP contribution in [0.1, 0.15) is 6.23 Å². The van der Waals surface area contributed by atoms with E-state index in [1.54, 1.807) is 0 Å². The maximum Gasteiger partial charge on any atom is 0.469 e. The second-order valence-electron chi connectivity index (χ2n) is 5.31. The van der Waals surface area contributed by atoms with Crippen molar-refractivity contribution < 1.29 is 38.2 Å². The molecule has 1 fully saturated rings. The van der Waals surface area contributed by atoms with Crippen LogP contribution >= 0.6 is 20.6 Å². The van der Waals surface area contributed by atoms with Gasteiger partial charge in [-0.15, -0.1) is 0 Å². The third-order valence-electron chi connectivity index (χ3n) is 3.70.